The Hall–Kier alpha value is -1.65. The first-order valence-corrected chi connectivity index (χ1v) is 6.28. The minimum atomic E-state index is -0.983. The van der Waals surface area contributed by atoms with Crippen LogP contribution in [0, 0.1) is 5.41 Å². The fraction of sp³-hybridized carbons (Fsp3) is 0.615. The third-order valence-corrected chi connectivity index (χ3v) is 3.69. The summed E-state index contributed by atoms with van der Waals surface area (Å²) in [6.45, 7) is 4.05. The number of imide groups is 2. The van der Waals surface area contributed by atoms with Gasteiger partial charge in [-0.25, -0.2) is 4.79 Å². The molecule has 1 aliphatic carbocycles. The number of nitrogens with one attached hydrogen (secondary N) is 1. The van der Waals surface area contributed by atoms with Gasteiger partial charge in [-0.3, -0.25) is 19.8 Å². The van der Waals surface area contributed by atoms with Crippen molar-refractivity contribution in [3.8, 4) is 0 Å². The van der Waals surface area contributed by atoms with Gasteiger partial charge in [-0.15, -0.1) is 0 Å². The first-order valence-electron chi connectivity index (χ1n) is 6.28. The lowest BCUT2D eigenvalue weighted by Gasteiger charge is -2.36. The van der Waals surface area contributed by atoms with Gasteiger partial charge in [0, 0.05) is 6.54 Å². The molecule has 1 spiro atoms. The van der Waals surface area contributed by atoms with E-state index in [1.54, 1.807) is 0 Å². The number of hydrogen-bond donors (Lipinski definition) is 1. The van der Waals surface area contributed by atoms with Gasteiger partial charge >= 0.3 is 6.03 Å². The molecule has 0 radical (unpaired) electrons. The van der Waals surface area contributed by atoms with Crippen LogP contribution in [0.2, 0.25) is 0 Å². The van der Waals surface area contributed by atoms with Crippen molar-refractivity contribution in [3.05, 3.63) is 11.6 Å². The van der Waals surface area contributed by atoms with Crippen molar-refractivity contribution in [2.45, 2.75) is 39.5 Å². The Kier molecular flexibility index (Phi) is 3.24. The van der Waals surface area contributed by atoms with Gasteiger partial charge in [0.2, 0.25) is 11.8 Å². The molecule has 1 saturated carbocycles. The lowest BCUT2D eigenvalue weighted by molar-refractivity contribution is -0.150. The fourth-order valence-corrected chi connectivity index (χ4v) is 2.59. The second-order valence-corrected chi connectivity index (χ2v) is 5.25. The summed E-state index contributed by atoms with van der Waals surface area (Å²) >= 11 is 0. The average molecular weight is 250 g/mol. The van der Waals surface area contributed by atoms with Crippen molar-refractivity contribution in [1.29, 1.82) is 0 Å². The van der Waals surface area contributed by atoms with E-state index >= 15 is 0 Å². The van der Waals surface area contributed by atoms with Crippen molar-refractivity contribution < 1.29 is 14.4 Å². The highest BCUT2D eigenvalue weighted by Gasteiger charge is 2.54. The summed E-state index contributed by atoms with van der Waals surface area (Å²) in [5.74, 6) is -0.741. The van der Waals surface area contributed by atoms with Crippen LogP contribution in [0.15, 0.2) is 11.6 Å². The van der Waals surface area contributed by atoms with Crippen molar-refractivity contribution in [1.82, 2.24) is 10.2 Å². The molecule has 1 saturated heterocycles. The van der Waals surface area contributed by atoms with Crippen LogP contribution in [0.1, 0.15) is 39.5 Å². The zero-order valence-electron chi connectivity index (χ0n) is 10.8. The molecule has 5 nitrogen and oxygen atoms in total. The van der Waals surface area contributed by atoms with Gasteiger partial charge in [-0.2, -0.15) is 0 Å². The second-order valence-electron chi connectivity index (χ2n) is 5.25. The van der Waals surface area contributed by atoms with Gasteiger partial charge in [0.25, 0.3) is 0 Å². The van der Waals surface area contributed by atoms with E-state index in [4.69, 9.17) is 0 Å². The number of carbonyl (C=O) groups excluding carboxylic acids is 3. The molecule has 5 heteroatoms. The van der Waals surface area contributed by atoms with E-state index < -0.39 is 17.4 Å². The first-order chi connectivity index (χ1) is 8.47. The summed E-state index contributed by atoms with van der Waals surface area (Å²) < 4.78 is 0. The Bertz CT molecular complexity index is 430. The molecule has 0 aromatic rings. The SMILES string of the molecule is CC(C)=CCN1C(=O)NC(=O)C2(CCCC2)C1=O. The summed E-state index contributed by atoms with van der Waals surface area (Å²) in [6.07, 6.45) is 4.65. The molecule has 0 aromatic carbocycles. The fourth-order valence-electron chi connectivity index (χ4n) is 2.59. The molecule has 4 amide bonds. The van der Waals surface area contributed by atoms with E-state index in [1.807, 2.05) is 19.9 Å². The summed E-state index contributed by atoms with van der Waals surface area (Å²) in [6, 6.07) is -0.597. The highest BCUT2D eigenvalue weighted by Crippen LogP contribution is 2.41. The van der Waals surface area contributed by atoms with Crippen LogP contribution in [0.3, 0.4) is 0 Å². The van der Waals surface area contributed by atoms with Gasteiger partial charge in [-0.05, 0) is 26.7 Å². The highest BCUT2D eigenvalue weighted by molar-refractivity contribution is 6.19. The zero-order valence-corrected chi connectivity index (χ0v) is 10.8. The highest BCUT2D eigenvalue weighted by atomic mass is 16.2. The molecule has 0 unspecified atom stereocenters. The van der Waals surface area contributed by atoms with E-state index in [1.165, 1.54) is 0 Å². The van der Waals surface area contributed by atoms with Crippen LogP contribution < -0.4 is 5.32 Å². The third-order valence-electron chi connectivity index (χ3n) is 3.69. The smallest absolute Gasteiger partial charge is 0.277 e. The first kappa shape index (κ1) is 12.8. The van der Waals surface area contributed by atoms with Crippen molar-refractivity contribution >= 4 is 17.8 Å². The van der Waals surface area contributed by atoms with Crippen LogP contribution >= 0.6 is 0 Å². The Balaban J connectivity index is 2.25. The minimum Gasteiger partial charge on any atom is -0.277 e. The van der Waals surface area contributed by atoms with Crippen LogP contribution in [0.5, 0.6) is 0 Å². The number of rotatable bonds is 2. The Morgan fingerprint density at radius 2 is 1.89 bits per heavy atom. The van der Waals surface area contributed by atoms with Gasteiger partial charge in [-0.1, -0.05) is 24.5 Å². The predicted octanol–water partition coefficient (Wildman–Crippen LogP) is 1.59. The number of urea groups is 1. The molecule has 0 aromatic heterocycles. The monoisotopic (exact) mass is 250 g/mol. The van der Waals surface area contributed by atoms with E-state index in [0.717, 1.165) is 23.3 Å². The normalized spacial score (nSPS) is 22.3. The molecule has 2 fully saturated rings. The molecule has 98 valence electrons. The van der Waals surface area contributed by atoms with E-state index in [9.17, 15) is 14.4 Å². The number of hydrogen-bond acceptors (Lipinski definition) is 3. The molecule has 18 heavy (non-hydrogen) atoms. The van der Waals surface area contributed by atoms with Crippen LogP contribution in [0.4, 0.5) is 4.79 Å². The maximum Gasteiger partial charge on any atom is 0.331 e. The average Bonchev–Trinajstić information content (AvgIpc) is 2.76. The molecule has 0 atom stereocenters. The Morgan fingerprint density at radius 1 is 1.28 bits per heavy atom. The second kappa shape index (κ2) is 4.55. The molecule has 1 aliphatic heterocycles. The van der Waals surface area contributed by atoms with E-state index in [0.29, 0.717) is 12.8 Å². The van der Waals surface area contributed by atoms with Gasteiger partial charge < -0.3 is 0 Å². The molecule has 1 heterocycles. The maximum absolute atomic E-state index is 12.4. The Morgan fingerprint density at radius 3 is 2.44 bits per heavy atom. The lowest BCUT2D eigenvalue weighted by Crippen LogP contribution is -2.63. The molecular formula is C13H18N2O3. The standard InChI is InChI=1S/C13H18N2O3/c1-9(2)5-8-15-11(17)13(6-3-4-7-13)10(16)14-12(15)18/h5H,3-4,6-8H2,1-2H3,(H,14,16,18). The topological polar surface area (TPSA) is 66.5 Å². The lowest BCUT2D eigenvalue weighted by atomic mass is 9.82. The molecule has 0 bridgehead atoms. The molecular weight excluding hydrogens is 232 g/mol. The van der Waals surface area contributed by atoms with Gasteiger partial charge in [0.1, 0.15) is 5.41 Å². The van der Waals surface area contributed by atoms with Crippen molar-refractivity contribution in [2.24, 2.45) is 5.41 Å². The molecule has 2 rings (SSSR count). The Labute approximate surface area is 106 Å². The van der Waals surface area contributed by atoms with E-state index in [2.05, 4.69) is 5.32 Å². The maximum atomic E-state index is 12.4. The number of barbiturate groups is 1. The number of allylic oxidation sites excluding steroid dienone is 1. The number of amides is 4. The van der Waals surface area contributed by atoms with Crippen LogP contribution in [-0.2, 0) is 9.59 Å². The van der Waals surface area contributed by atoms with Crippen molar-refractivity contribution in [2.75, 3.05) is 6.54 Å². The number of nitrogens with zero attached hydrogens (tertiary/aromatic N) is 1. The van der Waals surface area contributed by atoms with Crippen molar-refractivity contribution in [3.63, 3.8) is 0 Å². The van der Waals surface area contributed by atoms with E-state index in [-0.39, 0.29) is 12.5 Å². The predicted molar refractivity (Wildman–Crippen MR) is 65.6 cm³/mol. The van der Waals surface area contributed by atoms with Gasteiger partial charge in [0.15, 0.2) is 0 Å². The number of carbonyl (C=O) groups is 3. The molecule has 1 N–H and O–H groups in total. The summed E-state index contributed by atoms with van der Waals surface area (Å²) in [4.78, 5) is 37.2. The zero-order chi connectivity index (χ0) is 13.3. The largest absolute Gasteiger partial charge is 0.331 e. The van der Waals surface area contributed by atoms with Crippen LogP contribution in [-0.4, -0.2) is 29.3 Å². The quantitative estimate of drug-likeness (QED) is 0.598. The summed E-state index contributed by atoms with van der Waals surface area (Å²) in [7, 11) is 0. The van der Waals surface area contributed by atoms with Gasteiger partial charge in [0.05, 0.1) is 0 Å². The minimum absolute atomic E-state index is 0.238. The molecule has 2 aliphatic rings. The van der Waals surface area contributed by atoms with Crippen LogP contribution in [0.25, 0.3) is 0 Å². The summed E-state index contributed by atoms with van der Waals surface area (Å²) in [5, 5.41) is 2.31. The summed E-state index contributed by atoms with van der Waals surface area (Å²) in [5.41, 5.74) is 0.0524. The third kappa shape index (κ3) is 1.94.